The molecule has 0 atom stereocenters. The van der Waals surface area contributed by atoms with E-state index in [2.05, 4.69) is 9.97 Å². The Balaban J connectivity index is 2.26. The van der Waals surface area contributed by atoms with Gasteiger partial charge in [0.25, 0.3) is 0 Å². The molecule has 2 N–H and O–H groups in total. The number of rotatable bonds is 2. The summed E-state index contributed by atoms with van der Waals surface area (Å²) < 4.78 is 18.3. The van der Waals surface area contributed by atoms with Crippen LogP contribution in [-0.4, -0.2) is 17.1 Å². The lowest BCUT2D eigenvalue weighted by Crippen LogP contribution is -2.22. The van der Waals surface area contributed by atoms with E-state index < -0.39 is 5.54 Å². The van der Waals surface area contributed by atoms with E-state index in [0.29, 0.717) is 22.6 Å². The molecule has 0 spiro atoms. The Bertz CT molecular complexity index is 596. The number of nitrogens with two attached hydrogens (primary N) is 1. The number of methoxy groups -OCH3 is 1. The van der Waals surface area contributed by atoms with Crippen molar-refractivity contribution in [2.45, 2.75) is 18.4 Å². The van der Waals surface area contributed by atoms with E-state index in [4.69, 9.17) is 10.5 Å². The van der Waals surface area contributed by atoms with E-state index in [1.807, 2.05) is 0 Å². The van der Waals surface area contributed by atoms with E-state index in [0.717, 1.165) is 12.8 Å². The summed E-state index contributed by atoms with van der Waals surface area (Å²) in [5.74, 6) is 0.621. The average molecular weight is 233 g/mol. The van der Waals surface area contributed by atoms with Crippen molar-refractivity contribution in [3.63, 3.8) is 0 Å². The normalized spacial score (nSPS) is 17.1. The number of fused-ring (bicyclic) bond motifs is 1. The Labute approximate surface area is 97.6 Å². The van der Waals surface area contributed by atoms with Gasteiger partial charge in [-0.25, -0.2) is 9.37 Å². The van der Waals surface area contributed by atoms with Gasteiger partial charge >= 0.3 is 0 Å². The Morgan fingerprint density at radius 3 is 2.76 bits per heavy atom. The first-order valence-electron chi connectivity index (χ1n) is 5.43. The number of nitrogens with zero attached hydrogens (tertiary/aromatic N) is 2. The molecule has 1 aromatic carbocycles. The van der Waals surface area contributed by atoms with Crippen LogP contribution in [0.2, 0.25) is 0 Å². The molecule has 1 fully saturated rings. The molecular weight excluding hydrogens is 221 g/mol. The third-order valence-corrected chi connectivity index (χ3v) is 3.05. The van der Waals surface area contributed by atoms with E-state index >= 15 is 0 Å². The highest BCUT2D eigenvalue weighted by Crippen LogP contribution is 2.42. The highest BCUT2D eigenvalue weighted by Gasteiger charge is 2.43. The zero-order valence-corrected chi connectivity index (χ0v) is 9.40. The molecule has 1 heterocycles. The summed E-state index contributed by atoms with van der Waals surface area (Å²) in [4.78, 5) is 8.65. The van der Waals surface area contributed by atoms with Gasteiger partial charge in [0.2, 0.25) is 5.88 Å². The summed E-state index contributed by atoms with van der Waals surface area (Å²) >= 11 is 0. The fourth-order valence-corrected chi connectivity index (χ4v) is 1.81. The molecule has 1 aliphatic carbocycles. The Kier molecular flexibility index (Phi) is 2.06. The van der Waals surface area contributed by atoms with Gasteiger partial charge in [-0.15, -0.1) is 0 Å². The number of halogens is 1. The summed E-state index contributed by atoms with van der Waals surface area (Å²) in [6.45, 7) is 0. The van der Waals surface area contributed by atoms with Crippen LogP contribution in [0.15, 0.2) is 18.2 Å². The smallest absolute Gasteiger partial charge is 0.224 e. The molecule has 17 heavy (non-hydrogen) atoms. The van der Waals surface area contributed by atoms with Gasteiger partial charge < -0.3 is 10.5 Å². The summed E-state index contributed by atoms with van der Waals surface area (Å²) in [6.07, 6.45) is 1.76. The molecule has 2 aromatic rings. The van der Waals surface area contributed by atoms with Crippen LogP contribution in [0.4, 0.5) is 4.39 Å². The molecule has 0 aliphatic heterocycles. The van der Waals surface area contributed by atoms with E-state index in [9.17, 15) is 4.39 Å². The van der Waals surface area contributed by atoms with Crippen molar-refractivity contribution in [3.8, 4) is 5.88 Å². The average Bonchev–Trinajstić information content (AvgIpc) is 3.07. The molecule has 0 bridgehead atoms. The Morgan fingerprint density at radius 1 is 1.35 bits per heavy atom. The highest BCUT2D eigenvalue weighted by atomic mass is 19.1. The van der Waals surface area contributed by atoms with Gasteiger partial charge in [-0.05, 0) is 31.0 Å². The van der Waals surface area contributed by atoms with E-state index in [-0.39, 0.29) is 5.82 Å². The van der Waals surface area contributed by atoms with Crippen molar-refractivity contribution in [1.29, 1.82) is 0 Å². The van der Waals surface area contributed by atoms with E-state index in [1.54, 1.807) is 6.07 Å². The summed E-state index contributed by atoms with van der Waals surface area (Å²) in [5, 5.41) is 0.570. The minimum absolute atomic E-state index is 0.332. The Morgan fingerprint density at radius 2 is 2.12 bits per heavy atom. The SMILES string of the molecule is COc1nc(C2(N)CC2)nc2ccc(F)cc12. The second kappa shape index (κ2) is 3.37. The van der Waals surface area contributed by atoms with E-state index in [1.165, 1.54) is 19.2 Å². The minimum atomic E-state index is -0.421. The number of hydrogen-bond donors (Lipinski definition) is 1. The fourth-order valence-electron chi connectivity index (χ4n) is 1.81. The van der Waals surface area contributed by atoms with Crippen LogP contribution in [0.1, 0.15) is 18.7 Å². The molecule has 1 aliphatic rings. The predicted molar refractivity (Wildman–Crippen MR) is 61.1 cm³/mol. The zero-order chi connectivity index (χ0) is 12.0. The number of ether oxygens (including phenoxy) is 1. The number of aromatic nitrogens is 2. The Hall–Kier alpha value is -1.75. The van der Waals surface area contributed by atoms with Gasteiger partial charge in [0.1, 0.15) is 5.82 Å². The molecule has 1 saturated carbocycles. The summed E-state index contributed by atoms with van der Waals surface area (Å²) in [7, 11) is 1.51. The van der Waals surface area contributed by atoms with Gasteiger partial charge in [-0.3, -0.25) is 0 Å². The largest absolute Gasteiger partial charge is 0.480 e. The maximum Gasteiger partial charge on any atom is 0.224 e. The van der Waals surface area contributed by atoms with Gasteiger partial charge in [-0.1, -0.05) is 0 Å². The molecule has 1 aromatic heterocycles. The predicted octanol–water partition coefficient (Wildman–Crippen LogP) is 1.73. The summed E-state index contributed by atoms with van der Waals surface area (Å²) in [5.41, 5.74) is 6.29. The standard InChI is InChI=1S/C12H12FN3O/c1-17-10-8-6-7(13)2-3-9(8)15-11(16-10)12(14)4-5-12/h2-3,6H,4-5,14H2,1H3. The maximum absolute atomic E-state index is 13.2. The maximum atomic E-state index is 13.2. The van der Waals surface area contributed by atoms with Gasteiger partial charge in [0.05, 0.1) is 23.6 Å². The molecule has 5 heteroatoms. The van der Waals surface area contributed by atoms with Crippen LogP contribution in [0.3, 0.4) is 0 Å². The van der Waals surface area contributed by atoms with Crippen molar-refractivity contribution in [2.75, 3.05) is 7.11 Å². The minimum Gasteiger partial charge on any atom is -0.480 e. The molecule has 0 radical (unpaired) electrons. The first-order chi connectivity index (χ1) is 8.12. The second-order valence-corrected chi connectivity index (χ2v) is 4.37. The summed E-state index contributed by atoms with van der Waals surface area (Å²) in [6, 6.07) is 4.35. The van der Waals surface area contributed by atoms with Gasteiger partial charge in [0.15, 0.2) is 5.82 Å². The molecule has 3 rings (SSSR count). The van der Waals surface area contributed by atoms with Gasteiger partial charge in [0, 0.05) is 0 Å². The molecular formula is C12H12FN3O. The van der Waals surface area contributed by atoms with Crippen molar-refractivity contribution >= 4 is 10.9 Å². The molecule has 0 unspecified atom stereocenters. The molecule has 0 saturated heterocycles. The van der Waals surface area contributed by atoms with Crippen molar-refractivity contribution in [2.24, 2.45) is 5.73 Å². The third-order valence-electron chi connectivity index (χ3n) is 3.05. The monoisotopic (exact) mass is 233 g/mol. The van der Waals surface area contributed by atoms with Crippen molar-refractivity contribution < 1.29 is 9.13 Å². The third kappa shape index (κ3) is 1.63. The molecule has 4 nitrogen and oxygen atoms in total. The van der Waals surface area contributed by atoms with Gasteiger partial charge in [-0.2, -0.15) is 4.98 Å². The fraction of sp³-hybridized carbons (Fsp3) is 0.333. The quantitative estimate of drug-likeness (QED) is 0.858. The highest BCUT2D eigenvalue weighted by molar-refractivity contribution is 5.83. The van der Waals surface area contributed by atoms with Crippen LogP contribution in [-0.2, 0) is 5.54 Å². The van der Waals surface area contributed by atoms with Crippen LogP contribution < -0.4 is 10.5 Å². The first kappa shape index (κ1) is 10.4. The lowest BCUT2D eigenvalue weighted by atomic mass is 10.2. The number of hydrogen-bond acceptors (Lipinski definition) is 4. The first-order valence-corrected chi connectivity index (χ1v) is 5.43. The second-order valence-electron chi connectivity index (χ2n) is 4.37. The lowest BCUT2D eigenvalue weighted by molar-refractivity contribution is 0.398. The van der Waals surface area contributed by atoms with Crippen LogP contribution in [0.25, 0.3) is 10.9 Å². The van der Waals surface area contributed by atoms with Crippen molar-refractivity contribution in [3.05, 3.63) is 29.8 Å². The van der Waals surface area contributed by atoms with Crippen LogP contribution >= 0.6 is 0 Å². The van der Waals surface area contributed by atoms with Crippen LogP contribution in [0, 0.1) is 5.82 Å². The molecule has 88 valence electrons. The number of benzene rings is 1. The molecule has 0 amide bonds. The zero-order valence-electron chi connectivity index (χ0n) is 9.40. The lowest BCUT2D eigenvalue weighted by Gasteiger charge is -2.11. The van der Waals surface area contributed by atoms with Crippen molar-refractivity contribution in [1.82, 2.24) is 9.97 Å². The topological polar surface area (TPSA) is 61.0 Å². The van der Waals surface area contributed by atoms with Crippen LogP contribution in [0.5, 0.6) is 5.88 Å².